The molecule has 106 valence electrons. The van der Waals surface area contributed by atoms with Gasteiger partial charge in [-0.3, -0.25) is 0 Å². The first-order valence-corrected chi connectivity index (χ1v) is 6.40. The van der Waals surface area contributed by atoms with Crippen LogP contribution in [0.25, 0.3) is 0 Å². The lowest BCUT2D eigenvalue weighted by atomic mass is 10.2. The van der Waals surface area contributed by atoms with Gasteiger partial charge >= 0.3 is 0 Å². The van der Waals surface area contributed by atoms with Gasteiger partial charge in [0.05, 0.1) is 11.6 Å². The van der Waals surface area contributed by atoms with Gasteiger partial charge in [-0.15, -0.1) is 0 Å². The number of hydrogen-bond acceptors (Lipinski definition) is 4. The second-order valence-electron chi connectivity index (χ2n) is 4.45. The predicted octanol–water partition coefficient (Wildman–Crippen LogP) is 2.49. The van der Waals surface area contributed by atoms with Gasteiger partial charge in [0.2, 0.25) is 0 Å². The highest BCUT2D eigenvalue weighted by Crippen LogP contribution is 2.25. The number of nitrogens with zero attached hydrogens (tertiary/aromatic N) is 1. The van der Waals surface area contributed by atoms with Crippen LogP contribution in [0, 0.1) is 5.92 Å². The highest BCUT2D eigenvalue weighted by atomic mass is 35.5. The molecule has 0 fully saturated rings. The molecule has 6 heteroatoms. The molecule has 0 spiro atoms. The van der Waals surface area contributed by atoms with Crippen LogP contribution in [0.2, 0.25) is 5.02 Å². The van der Waals surface area contributed by atoms with Crippen LogP contribution in [0.3, 0.4) is 0 Å². The third-order valence-electron chi connectivity index (χ3n) is 2.27. The van der Waals surface area contributed by atoms with Crippen molar-refractivity contribution in [2.45, 2.75) is 13.8 Å². The molecule has 0 atom stereocenters. The summed E-state index contributed by atoms with van der Waals surface area (Å²) in [5.41, 5.74) is 6.00. The summed E-state index contributed by atoms with van der Waals surface area (Å²) >= 11 is 6.04. The van der Waals surface area contributed by atoms with Crippen molar-refractivity contribution in [1.29, 1.82) is 0 Å². The molecule has 0 unspecified atom stereocenters. The lowest BCUT2D eigenvalue weighted by Crippen LogP contribution is -2.13. The average molecular weight is 287 g/mol. The van der Waals surface area contributed by atoms with Gasteiger partial charge in [-0.25, -0.2) is 0 Å². The molecule has 0 heterocycles. The van der Waals surface area contributed by atoms with Crippen molar-refractivity contribution in [2.24, 2.45) is 16.8 Å². The Hall–Kier alpha value is -1.46. The second kappa shape index (κ2) is 7.86. The fraction of sp³-hybridized carbons (Fsp3) is 0.462. The smallest absolute Gasteiger partial charge is 0.170 e. The van der Waals surface area contributed by atoms with Gasteiger partial charge in [0.15, 0.2) is 5.84 Å². The Labute approximate surface area is 117 Å². The Morgan fingerprint density at radius 1 is 1.42 bits per heavy atom. The maximum absolute atomic E-state index is 8.57. The molecule has 19 heavy (non-hydrogen) atoms. The number of halogens is 1. The average Bonchev–Trinajstić information content (AvgIpc) is 2.38. The van der Waals surface area contributed by atoms with Crippen LogP contribution in [0.1, 0.15) is 19.4 Å². The Bertz CT molecular complexity index is 436. The minimum absolute atomic E-state index is 0.00807. The first-order chi connectivity index (χ1) is 9.04. The van der Waals surface area contributed by atoms with Crippen LogP contribution < -0.4 is 10.5 Å². The zero-order valence-electron chi connectivity index (χ0n) is 11.1. The highest BCUT2D eigenvalue weighted by molar-refractivity contribution is 6.32. The van der Waals surface area contributed by atoms with E-state index >= 15 is 0 Å². The summed E-state index contributed by atoms with van der Waals surface area (Å²) in [6.07, 6.45) is 0. The molecular weight excluding hydrogens is 268 g/mol. The first kappa shape index (κ1) is 15.6. The van der Waals surface area contributed by atoms with Crippen molar-refractivity contribution in [3.63, 3.8) is 0 Å². The van der Waals surface area contributed by atoms with Crippen molar-refractivity contribution in [2.75, 3.05) is 19.8 Å². The molecule has 0 aliphatic rings. The van der Waals surface area contributed by atoms with E-state index in [0.717, 1.165) is 0 Å². The van der Waals surface area contributed by atoms with Gasteiger partial charge in [0.25, 0.3) is 0 Å². The molecule has 0 radical (unpaired) electrons. The van der Waals surface area contributed by atoms with Gasteiger partial charge in [-0.2, -0.15) is 0 Å². The van der Waals surface area contributed by atoms with Gasteiger partial charge in [0.1, 0.15) is 12.4 Å². The fourth-order valence-corrected chi connectivity index (χ4v) is 1.60. The largest absolute Gasteiger partial charge is 0.490 e. The van der Waals surface area contributed by atoms with E-state index in [-0.39, 0.29) is 5.84 Å². The Balaban J connectivity index is 2.47. The summed E-state index contributed by atoms with van der Waals surface area (Å²) in [7, 11) is 0. The second-order valence-corrected chi connectivity index (χ2v) is 4.85. The third kappa shape index (κ3) is 5.36. The molecule has 1 aromatic rings. The standard InChI is InChI=1S/C13H19ClN2O3/c1-9(2)8-18-5-6-19-12-4-3-10(7-11(12)14)13(15)16-17/h3-4,7,9,17H,5-6,8H2,1-2H3,(H2,15,16). The molecule has 0 saturated heterocycles. The van der Waals surface area contributed by atoms with Gasteiger partial charge in [0, 0.05) is 12.2 Å². The van der Waals surface area contributed by atoms with Gasteiger partial charge in [-0.05, 0) is 24.1 Å². The molecule has 0 aliphatic carbocycles. The molecule has 5 nitrogen and oxygen atoms in total. The normalized spacial score (nSPS) is 11.9. The highest BCUT2D eigenvalue weighted by Gasteiger charge is 2.06. The van der Waals surface area contributed by atoms with Crippen molar-refractivity contribution in [3.05, 3.63) is 28.8 Å². The van der Waals surface area contributed by atoms with Crippen LogP contribution in [0.15, 0.2) is 23.4 Å². The van der Waals surface area contributed by atoms with Crippen molar-refractivity contribution in [1.82, 2.24) is 0 Å². The lowest BCUT2D eigenvalue weighted by molar-refractivity contribution is 0.0819. The number of hydrogen-bond donors (Lipinski definition) is 2. The van der Waals surface area contributed by atoms with Crippen LogP contribution in [0.5, 0.6) is 5.75 Å². The summed E-state index contributed by atoms with van der Waals surface area (Å²) in [6, 6.07) is 4.93. The number of ether oxygens (including phenoxy) is 2. The number of benzene rings is 1. The van der Waals surface area contributed by atoms with E-state index in [1.54, 1.807) is 18.2 Å². The summed E-state index contributed by atoms with van der Waals surface area (Å²) in [4.78, 5) is 0. The maximum atomic E-state index is 8.57. The van der Waals surface area contributed by atoms with E-state index in [1.165, 1.54) is 0 Å². The number of amidine groups is 1. The minimum Gasteiger partial charge on any atom is -0.490 e. The topological polar surface area (TPSA) is 77.1 Å². The molecule has 0 aliphatic heterocycles. The van der Waals surface area contributed by atoms with E-state index in [9.17, 15) is 0 Å². The Morgan fingerprint density at radius 2 is 2.16 bits per heavy atom. The van der Waals surface area contributed by atoms with Crippen LogP contribution in [-0.2, 0) is 4.74 Å². The maximum Gasteiger partial charge on any atom is 0.170 e. The van der Waals surface area contributed by atoms with E-state index in [0.29, 0.717) is 42.1 Å². The van der Waals surface area contributed by atoms with Crippen LogP contribution in [0.4, 0.5) is 0 Å². The van der Waals surface area contributed by atoms with E-state index in [2.05, 4.69) is 19.0 Å². The molecule has 0 amide bonds. The summed E-state index contributed by atoms with van der Waals surface area (Å²) < 4.78 is 10.9. The minimum atomic E-state index is 0.00807. The predicted molar refractivity (Wildman–Crippen MR) is 75.1 cm³/mol. The molecule has 0 saturated carbocycles. The molecule has 3 N–H and O–H groups in total. The monoisotopic (exact) mass is 286 g/mol. The molecular formula is C13H19ClN2O3. The van der Waals surface area contributed by atoms with E-state index in [4.69, 9.17) is 32.0 Å². The zero-order chi connectivity index (χ0) is 14.3. The van der Waals surface area contributed by atoms with Crippen molar-refractivity contribution >= 4 is 17.4 Å². The van der Waals surface area contributed by atoms with Crippen LogP contribution >= 0.6 is 11.6 Å². The Morgan fingerprint density at radius 3 is 2.74 bits per heavy atom. The fourth-order valence-electron chi connectivity index (χ4n) is 1.36. The van der Waals surface area contributed by atoms with Gasteiger partial charge in [-0.1, -0.05) is 30.6 Å². The summed E-state index contributed by atoms with van der Waals surface area (Å²) in [5.74, 6) is 1.06. The quantitative estimate of drug-likeness (QED) is 0.265. The Kier molecular flexibility index (Phi) is 6.45. The van der Waals surface area contributed by atoms with Gasteiger partial charge < -0.3 is 20.4 Å². The van der Waals surface area contributed by atoms with Crippen molar-refractivity contribution in [3.8, 4) is 5.75 Å². The molecule has 0 aromatic heterocycles. The van der Waals surface area contributed by atoms with Crippen LogP contribution in [-0.4, -0.2) is 30.9 Å². The van der Waals surface area contributed by atoms with E-state index in [1.807, 2.05) is 0 Å². The SMILES string of the molecule is CC(C)COCCOc1ccc(/C(N)=N/O)cc1Cl. The third-order valence-corrected chi connectivity index (χ3v) is 2.57. The summed E-state index contributed by atoms with van der Waals surface area (Å²) in [5, 5.41) is 11.9. The molecule has 1 rings (SSSR count). The number of rotatable bonds is 7. The number of oxime groups is 1. The first-order valence-electron chi connectivity index (χ1n) is 6.02. The summed E-state index contributed by atoms with van der Waals surface area (Å²) in [6.45, 7) is 5.82. The zero-order valence-corrected chi connectivity index (χ0v) is 11.9. The molecule has 0 bridgehead atoms. The number of nitrogens with two attached hydrogens (primary N) is 1. The lowest BCUT2D eigenvalue weighted by Gasteiger charge is -2.10. The van der Waals surface area contributed by atoms with E-state index < -0.39 is 0 Å². The molecule has 1 aromatic carbocycles. The van der Waals surface area contributed by atoms with Crippen molar-refractivity contribution < 1.29 is 14.7 Å².